The highest BCUT2D eigenvalue weighted by atomic mass is 19.1. The van der Waals surface area contributed by atoms with Crippen molar-refractivity contribution in [1.29, 1.82) is 0 Å². The fraction of sp³-hybridized carbons (Fsp3) is 0.462. The van der Waals surface area contributed by atoms with Crippen LogP contribution in [0.4, 0.5) is 4.39 Å². The SMILES string of the molecule is CCC1CC1NC(=O)c1ccc(F)cc1C. The zero-order valence-electron chi connectivity index (χ0n) is 9.59. The van der Waals surface area contributed by atoms with Crippen LogP contribution in [0.25, 0.3) is 0 Å². The van der Waals surface area contributed by atoms with Crippen molar-refractivity contribution in [3.63, 3.8) is 0 Å². The number of hydrogen-bond donors (Lipinski definition) is 1. The third-order valence-corrected chi connectivity index (χ3v) is 3.20. The molecule has 86 valence electrons. The van der Waals surface area contributed by atoms with Crippen LogP contribution in [-0.2, 0) is 0 Å². The lowest BCUT2D eigenvalue weighted by Crippen LogP contribution is -2.27. The average molecular weight is 221 g/mol. The predicted octanol–water partition coefficient (Wildman–Crippen LogP) is 2.66. The molecular weight excluding hydrogens is 205 g/mol. The van der Waals surface area contributed by atoms with Crippen molar-refractivity contribution in [3.05, 3.63) is 35.1 Å². The van der Waals surface area contributed by atoms with Crippen LogP contribution in [0.2, 0.25) is 0 Å². The van der Waals surface area contributed by atoms with Crippen LogP contribution in [0.15, 0.2) is 18.2 Å². The molecule has 0 aliphatic heterocycles. The Morgan fingerprint density at radius 1 is 1.56 bits per heavy atom. The van der Waals surface area contributed by atoms with E-state index >= 15 is 0 Å². The molecule has 0 bridgehead atoms. The molecule has 2 nitrogen and oxygen atoms in total. The first-order valence-corrected chi connectivity index (χ1v) is 5.69. The quantitative estimate of drug-likeness (QED) is 0.835. The number of hydrogen-bond acceptors (Lipinski definition) is 1. The van der Waals surface area contributed by atoms with Crippen LogP contribution in [0.3, 0.4) is 0 Å². The first-order chi connectivity index (χ1) is 7.61. The predicted molar refractivity (Wildman–Crippen MR) is 60.8 cm³/mol. The van der Waals surface area contributed by atoms with Gasteiger partial charge in [0.2, 0.25) is 0 Å². The third-order valence-electron chi connectivity index (χ3n) is 3.20. The third kappa shape index (κ3) is 2.23. The Labute approximate surface area is 94.9 Å². The van der Waals surface area contributed by atoms with Gasteiger partial charge in [-0.1, -0.05) is 13.3 Å². The highest BCUT2D eigenvalue weighted by Crippen LogP contribution is 2.33. The number of amides is 1. The fourth-order valence-electron chi connectivity index (χ4n) is 2.00. The summed E-state index contributed by atoms with van der Waals surface area (Å²) in [5.41, 5.74) is 1.26. The maximum Gasteiger partial charge on any atom is 0.251 e. The summed E-state index contributed by atoms with van der Waals surface area (Å²) < 4.78 is 12.9. The summed E-state index contributed by atoms with van der Waals surface area (Å²) in [4.78, 5) is 11.9. The highest BCUT2D eigenvalue weighted by molar-refractivity contribution is 5.95. The Morgan fingerprint density at radius 2 is 2.31 bits per heavy atom. The van der Waals surface area contributed by atoms with Crippen molar-refractivity contribution in [2.75, 3.05) is 0 Å². The molecule has 3 heteroatoms. The van der Waals surface area contributed by atoms with Crippen molar-refractivity contribution in [2.45, 2.75) is 32.7 Å². The van der Waals surface area contributed by atoms with E-state index in [0.717, 1.165) is 12.8 Å². The van der Waals surface area contributed by atoms with E-state index in [1.165, 1.54) is 12.1 Å². The van der Waals surface area contributed by atoms with Gasteiger partial charge in [-0.25, -0.2) is 4.39 Å². The van der Waals surface area contributed by atoms with Gasteiger partial charge in [-0.15, -0.1) is 0 Å². The zero-order valence-corrected chi connectivity index (χ0v) is 9.59. The Hall–Kier alpha value is -1.38. The minimum atomic E-state index is -0.299. The molecule has 1 aliphatic rings. The number of halogens is 1. The molecule has 1 fully saturated rings. The second-order valence-electron chi connectivity index (χ2n) is 4.44. The lowest BCUT2D eigenvalue weighted by Gasteiger charge is -2.07. The number of nitrogens with one attached hydrogen (secondary N) is 1. The Kier molecular flexibility index (Phi) is 2.95. The molecular formula is C13H16FNO. The van der Waals surface area contributed by atoms with E-state index in [2.05, 4.69) is 12.2 Å². The fourth-order valence-corrected chi connectivity index (χ4v) is 2.00. The smallest absolute Gasteiger partial charge is 0.251 e. The van der Waals surface area contributed by atoms with Gasteiger partial charge < -0.3 is 5.32 Å². The number of aryl methyl sites for hydroxylation is 1. The van der Waals surface area contributed by atoms with Gasteiger partial charge in [0.25, 0.3) is 5.91 Å². The van der Waals surface area contributed by atoms with Crippen LogP contribution in [0.5, 0.6) is 0 Å². The van der Waals surface area contributed by atoms with Crippen molar-refractivity contribution in [2.24, 2.45) is 5.92 Å². The first-order valence-electron chi connectivity index (χ1n) is 5.69. The lowest BCUT2D eigenvalue weighted by atomic mass is 10.1. The first kappa shape index (κ1) is 11.1. The van der Waals surface area contributed by atoms with E-state index in [1.807, 2.05) is 0 Å². The summed E-state index contributed by atoms with van der Waals surface area (Å²) in [5, 5.41) is 2.97. The molecule has 16 heavy (non-hydrogen) atoms. The second kappa shape index (κ2) is 4.24. The summed E-state index contributed by atoms with van der Waals surface area (Å²) in [5.74, 6) is 0.245. The maximum absolute atomic E-state index is 12.9. The van der Waals surface area contributed by atoms with Crippen molar-refractivity contribution in [3.8, 4) is 0 Å². The number of benzene rings is 1. The zero-order chi connectivity index (χ0) is 11.7. The summed E-state index contributed by atoms with van der Waals surface area (Å²) in [6, 6.07) is 4.58. The lowest BCUT2D eigenvalue weighted by molar-refractivity contribution is 0.0948. The van der Waals surface area contributed by atoms with Gasteiger partial charge in [0.05, 0.1) is 0 Å². The van der Waals surface area contributed by atoms with Gasteiger partial charge >= 0.3 is 0 Å². The molecule has 0 radical (unpaired) electrons. The van der Waals surface area contributed by atoms with Crippen molar-refractivity contribution in [1.82, 2.24) is 5.32 Å². The van der Waals surface area contributed by atoms with Crippen LogP contribution >= 0.6 is 0 Å². The average Bonchev–Trinajstić information content (AvgIpc) is 2.96. The van der Waals surface area contributed by atoms with Gasteiger partial charge in [-0.05, 0) is 43.0 Å². The summed E-state index contributed by atoms with van der Waals surface area (Å²) >= 11 is 0. The van der Waals surface area contributed by atoms with Gasteiger partial charge in [0, 0.05) is 11.6 Å². The molecule has 1 aromatic rings. The molecule has 1 aromatic carbocycles. The summed E-state index contributed by atoms with van der Waals surface area (Å²) in [6.07, 6.45) is 2.18. The van der Waals surface area contributed by atoms with Crippen LogP contribution in [0.1, 0.15) is 35.7 Å². The molecule has 2 rings (SSSR count). The minimum absolute atomic E-state index is 0.0848. The Bertz CT molecular complexity index is 416. The Balaban J connectivity index is 2.04. The maximum atomic E-state index is 12.9. The second-order valence-corrected chi connectivity index (χ2v) is 4.44. The highest BCUT2D eigenvalue weighted by Gasteiger charge is 2.36. The molecule has 0 saturated heterocycles. The van der Waals surface area contributed by atoms with Gasteiger partial charge in [0.1, 0.15) is 5.82 Å². The molecule has 1 N–H and O–H groups in total. The number of carbonyl (C=O) groups is 1. The van der Waals surface area contributed by atoms with Crippen molar-refractivity contribution >= 4 is 5.91 Å². The van der Waals surface area contributed by atoms with Crippen molar-refractivity contribution < 1.29 is 9.18 Å². The van der Waals surface area contributed by atoms with E-state index in [4.69, 9.17) is 0 Å². The Morgan fingerprint density at radius 3 is 2.88 bits per heavy atom. The van der Waals surface area contributed by atoms with E-state index in [-0.39, 0.29) is 11.7 Å². The molecule has 2 unspecified atom stereocenters. The number of carbonyl (C=O) groups excluding carboxylic acids is 1. The van der Waals surface area contributed by atoms with Gasteiger partial charge in [-0.3, -0.25) is 4.79 Å². The van der Waals surface area contributed by atoms with Crippen LogP contribution in [0, 0.1) is 18.7 Å². The molecule has 0 spiro atoms. The standard InChI is InChI=1S/C13H16FNO/c1-3-9-7-12(9)15-13(16)11-5-4-10(14)6-8(11)2/h4-6,9,12H,3,7H2,1-2H3,(H,15,16). The molecule has 1 aliphatic carbocycles. The molecule has 0 heterocycles. The molecule has 1 saturated carbocycles. The molecule has 2 atom stereocenters. The van der Waals surface area contributed by atoms with E-state index in [1.54, 1.807) is 13.0 Å². The van der Waals surface area contributed by atoms with E-state index < -0.39 is 0 Å². The summed E-state index contributed by atoms with van der Waals surface area (Å²) in [6.45, 7) is 3.88. The van der Waals surface area contributed by atoms with Crippen LogP contribution in [-0.4, -0.2) is 11.9 Å². The molecule has 1 amide bonds. The van der Waals surface area contributed by atoms with E-state index in [9.17, 15) is 9.18 Å². The van der Waals surface area contributed by atoms with Gasteiger partial charge in [0.15, 0.2) is 0 Å². The summed E-state index contributed by atoms with van der Waals surface area (Å²) in [7, 11) is 0. The number of rotatable bonds is 3. The topological polar surface area (TPSA) is 29.1 Å². The van der Waals surface area contributed by atoms with E-state index in [0.29, 0.717) is 23.1 Å². The molecule has 0 aromatic heterocycles. The normalized spacial score (nSPS) is 22.9. The van der Waals surface area contributed by atoms with Crippen LogP contribution < -0.4 is 5.32 Å². The minimum Gasteiger partial charge on any atom is -0.349 e. The van der Waals surface area contributed by atoms with Gasteiger partial charge in [-0.2, -0.15) is 0 Å². The largest absolute Gasteiger partial charge is 0.349 e. The monoisotopic (exact) mass is 221 g/mol.